The molecule has 0 aromatic heterocycles. The quantitative estimate of drug-likeness (QED) is 0.279. The standard InChI is InChI=1S/C16H25BrS/c1-15-11-7-8-12-16(15)18-14-10-6-4-2-3-5-9-13-17/h7-8,11-12H,2-6,9-10,13-14H2,1H3. The van der Waals surface area contributed by atoms with Crippen molar-refractivity contribution in [2.24, 2.45) is 0 Å². The van der Waals surface area contributed by atoms with Gasteiger partial charge in [-0.3, -0.25) is 0 Å². The average Bonchev–Trinajstić information content (AvgIpc) is 2.39. The fourth-order valence-corrected chi connectivity index (χ4v) is 3.42. The molecule has 0 saturated carbocycles. The molecule has 0 spiro atoms. The number of rotatable bonds is 10. The molecule has 0 radical (unpaired) electrons. The summed E-state index contributed by atoms with van der Waals surface area (Å²) < 4.78 is 0. The third-order valence-corrected chi connectivity index (χ3v) is 4.95. The second-order valence-electron chi connectivity index (χ2n) is 4.78. The maximum absolute atomic E-state index is 3.48. The lowest BCUT2D eigenvalue weighted by Crippen LogP contribution is -1.85. The van der Waals surface area contributed by atoms with Gasteiger partial charge in [-0.1, -0.05) is 66.2 Å². The Labute approximate surface area is 125 Å². The molecular formula is C16H25BrS. The lowest BCUT2D eigenvalue weighted by molar-refractivity contribution is 0.606. The van der Waals surface area contributed by atoms with E-state index in [9.17, 15) is 0 Å². The number of aryl methyl sites for hydroxylation is 1. The SMILES string of the molecule is Cc1ccccc1SCCCCCCCCCBr. The minimum Gasteiger partial charge on any atom is -0.126 e. The number of halogens is 1. The summed E-state index contributed by atoms with van der Waals surface area (Å²) in [5.41, 5.74) is 1.41. The van der Waals surface area contributed by atoms with Gasteiger partial charge in [0.2, 0.25) is 0 Å². The summed E-state index contributed by atoms with van der Waals surface area (Å²) in [7, 11) is 0. The summed E-state index contributed by atoms with van der Waals surface area (Å²) in [4.78, 5) is 1.45. The van der Waals surface area contributed by atoms with Gasteiger partial charge in [0.1, 0.15) is 0 Å². The Kier molecular flexibility index (Phi) is 9.78. The molecule has 0 bridgehead atoms. The summed E-state index contributed by atoms with van der Waals surface area (Å²) in [6.07, 6.45) is 9.73. The van der Waals surface area contributed by atoms with E-state index in [0.717, 1.165) is 0 Å². The van der Waals surface area contributed by atoms with Gasteiger partial charge in [-0.15, -0.1) is 11.8 Å². The van der Waals surface area contributed by atoms with E-state index in [2.05, 4.69) is 47.1 Å². The van der Waals surface area contributed by atoms with Gasteiger partial charge in [-0.25, -0.2) is 0 Å². The third-order valence-electron chi connectivity index (χ3n) is 3.13. The van der Waals surface area contributed by atoms with Gasteiger partial charge in [0.05, 0.1) is 0 Å². The summed E-state index contributed by atoms with van der Waals surface area (Å²) in [5.74, 6) is 1.27. The number of alkyl halides is 1. The molecule has 0 aliphatic heterocycles. The first-order valence-corrected chi connectivity index (χ1v) is 9.19. The molecule has 0 fully saturated rings. The van der Waals surface area contributed by atoms with Crippen LogP contribution in [-0.4, -0.2) is 11.1 Å². The van der Waals surface area contributed by atoms with E-state index in [0.29, 0.717) is 0 Å². The number of hydrogen-bond donors (Lipinski definition) is 0. The first-order valence-electron chi connectivity index (χ1n) is 7.09. The normalized spacial score (nSPS) is 10.8. The van der Waals surface area contributed by atoms with Crippen LogP contribution in [0.25, 0.3) is 0 Å². The van der Waals surface area contributed by atoms with Gasteiger partial charge in [0.15, 0.2) is 0 Å². The Balaban J connectivity index is 1.94. The molecule has 18 heavy (non-hydrogen) atoms. The largest absolute Gasteiger partial charge is 0.126 e. The number of hydrogen-bond acceptors (Lipinski definition) is 1. The van der Waals surface area contributed by atoms with Crippen LogP contribution in [0.1, 0.15) is 50.5 Å². The summed E-state index contributed by atoms with van der Waals surface area (Å²) in [6, 6.07) is 8.69. The van der Waals surface area contributed by atoms with Crippen LogP contribution in [0.5, 0.6) is 0 Å². The van der Waals surface area contributed by atoms with Gasteiger partial charge in [-0.05, 0) is 37.1 Å². The Hall–Kier alpha value is 0.0500. The Morgan fingerprint density at radius 1 is 0.889 bits per heavy atom. The number of thioether (sulfide) groups is 1. The highest BCUT2D eigenvalue weighted by molar-refractivity contribution is 9.09. The van der Waals surface area contributed by atoms with Crippen molar-refractivity contribution < 1.29 is 0 Å². The monoisotopic (exact) mass is 328 g/mol. The molecular weight excluding hydrogens is 304 g/mol. The van der Waals surface area contributed by atoms with Crippen molar-refractivity contribution in [3.63, 3.8) is 0 Å². The molecule has 0 aliphatic carbocycles. The Morgan fingerprint density at radius 3 is 2.17 bits per heavy atom. The van der Waals surface area contributed by atoms with Crippen molar-refractivity contribution in [3.8, 4) is 0 Å². The zero-order valence-electron chi connectivity index (χ0n) is 11.5. The molecule has 0 N–H and O–H groups in total. The fourth-order valence-electron chi connectivity index (χ4n) is 1.98. The lowest BCUT2D eigenvalue weighted by atomic mass is 10.1. The molecule has 0 heterocycles. The van der Waals surface area contributed by atoms with Crippen LogP contribution in [0.2, 0.25) is 0 Å². The molecule has 1 aromatic rings. The topological polar surface area (TPSA) is 0 Å². The maximum Gasteiger partial charge on any atom is 0.0101 e. The highest BCUT2D eigenvalue weighted by Gasteiger charge is 1.97. The zero-order valence-corrected chi connectivity index (χ0v) is 13.9. The highest BCUT2D eigenvalue weighted by atomic mass is 79.9. The molecule has 0 amide bonds. The van der Waals surface area contributed by atoms with Gasteiger partial charge in [0.25, 0.3) is 0 Å². The van der Waals surface area contributed by atoms with Crippen molar-refractivity contribution in [2.75, 3.05) is 11.1 Å². The molecule has 0 unspecified atom stereocenters. The van der Waals surface area contributed by atoms with E-state index in [-0.39, 0.29) is 0 Å². The van der Waals surface area contributed by atoms with Gasteiger partial charge >= 0.3 is 0 Å². The predicted molar refractivity (Wildman–Crippen MR) is 88.0 cm³/mol. The molecule has 0 nitrogen and oxygen atoms in total. The summed E-state index contributed by atoms with van der Waals surface area (Å²) in [6.45, 7) is 2.20. The van der Waals surface area contributed by atoms with Crippen molar-refractivity contribution in [3.05, 3.63) is 29.8 Å². The summed E-state index contributed by atoms with van der Waals surface area (Å²) in [5, 5.41) is 1.17. The number of unbranched alkanes of at least 4 members (excludes halogenated alkanes) is 6. The first-order chi connectivity index (χ1) is 8.84. The minimum atomic E-state index is 1.17. The number of benzene rings is 1. The van der Waals surface area contributed by atoms with Crippen LogP contribution in [0.15, 0.2) is 29.2 Å². The second kappa shape index (κ2) is 10.9. The highest BCUT2D eigenvalue weighted by Crippen LogP contribution is 2.23. The third kappa shape index (κ3) is 7.48. The predicted octanol–water partition coefficient (Wildman–Crippen LogP) is 6.21. The van der Waals surface area contributed by atoms with Crippen molar-refractivity contribution in [1.82, 2.24) is 0 Å². The molecule has 0 saturated heterocycles. The average molecular weight is 329 g/mol. The van der Waals surface area contributed by atoms with Crippen LogP contribution in [0.3, 0.4) is 0 Å². The summed E-state index contributed by atoms with van der Waals surface area (Å²) >= 11 is 5.49. The van der Waals surface area contributed by atoms with Crippen molar-refractivity contribution in [2.45, 2.75) is 56.8 Å². The van der Waals surface area contributed by atoms with Crippen LogP contribution in [0.4, 0.5) is 0 Å². The van der Waals surface area contributed by atoms with E-state index in [1.807, 2.05) is 11.8 Å². The molecule has 0 aliphatic rings. The smallest absolute Gasteiger partial charge is 0.0101 e. The van der Waals surface area contributed by atoms with Crippen LogP contribution in [0, 0.1) is 6.92 Å². The van der Waals surface area contributed by atoms with Crippen molar-refractivity contribution in [1.29, 1.82) is 0 Å². The molecule has 2 heteroatoms. The van der Waals surface area contributed by atoms with Gasteiger partial charge in [-0.2, -0.15) is 0 Å². The molecule has 1 aromatic carbocycles. The second-order valence-corrected chi connectivity index (χ2v) is 6.71. The first kappa shape index (κ1) is 16.1. The van der Waals surface area contributed by atoms with Crippen LogP contribution in [-0.2, 0) is 0 Å². The molecule has 102 valence electrons. The molecule has 0 atom stereocenters. The lowest BCUT2D eigenvalue weighted by Gasteiger charge is -2.05. The van der Waals surface area contributed by atoms with E-state index in [1.54, 1.807) is 0 Å². The van der Waals surface area contributed by atoms with Crippen LogP contribution >= 0.6 is 27.7 Å². The van der Waals surface area contributed by atoms with E-state index < -0.39 is 0 Å². The minimum absolute atomic E-state index is 1.17. The fraction of sp³-hybridized carbons (Fsp3) is 0.625. The van der Waals surface area contributed by atoms with Gasteiger partial charge in [0, 0.05) is 10.2 Å². The van der Waals surface area contributed by atoms with Crippen LogP contribution < -0.4 is 0 Å². The van der Waals surface area contributed by atoms with E-state index >= 15 is 0 Å². The zero-order chi connectivity index (χ0) is 13.1. The van der Waals surface area contributed by atoms with E-state index in [1.165, 1.54) is 66.5 Å². The van der Waals surface area contributed by atoms with Crippen molar-refractivity contribution >= 4 is 27.7 Å². The Morgan fingerprint density at radius 2 is 1.50 bits per heavy atom. The van der Waals surface area contributed by atoms with Gasteiger partial charge < -0.3 is 0 Å². The Bertz CT molecular complexity index is 312. The van der Waals surface area contributed by atoms with E-state index in [4.69, 9.17) is 0 Å². The molecule has 1 rings (SSSR count). The maximum atomic E-state index is 3.48.